The van der Waals surface area contributed by atoms with Crippen molar-refractivity contribution in [3.63, 3.8) is 0 Å². The Morgan fingerprint density at radius 1 is 1.33 bits per heavy atom. The minimum absolute atomic E-state index is 0.0827. The lowest BCUT2D eigenvalue weighted by molar-refractivity contribution is -0.704. The highest BCUT2D eigenvalue weighted by atomic mass is 79.9. The highest BCUT2D eigenvalue weighted by molar-refractivity contribution is 9.10. The fourth-order valence-electron chi connectivity index (χ4n) is 2.37. The molecular weight excluding hydrogens is 437 g/mol. The summed E-state index contributed by atoms with van der Waals surface area (Å²) in [5, 5.41) is 4.73. The third kappa shape index (κ3) is 4.48. The van der Waals surface area contributed by atoms with E-state index in [0.29, 0.717) is 16.6 Å². The summed E-state index contributed by atoms with van der Waals surface area (Å²) >= 11 is 4.24. The number of anilines is 1. The van der Waals surface area contributed by atoms with Gasteiger partial charge in [0.2, 0.25) is 11.6 Å². The van der Waals surface area contributed by atoms with Crippen LogP contribution >= 0.6 is 27.7 Å². The van der Waals surface area contributed by atoms with Crippen molar-refractivity contribution in [1.82, 2.24) is 5.27 Å². The van der Waals surface area contributed by atoms with Gasteiger partial charge in [-0.1, -0.05) is 41.1 Å². The van der Waals surface area contributed by atoms with Gasteiger partial charge in [-0.3, -0.25) is 9.32 Å². The summed E-state index contributed by atoms with van der Waals surface area (Å²) in [7, 11) is 0. The molecule has 0 aliphatic heterocycles. The Labute approximate surface area is 166 Å². The van der Waals surface area contributed by atoms with Gasteiger partial charge in [-0.25, -0.2) is 9.18 Å². The number of aromatic amines is 1. The molecule has 1 heterocycles. The topological polar surface area (TPSA) is 79.0 Å². The van der Waals surface area contributed by atoms with E-state index in [1.165, 1.54) is 16.8 Å². The van der Waals surface area contributed by atoms with Crippen molar-refractivity contribution in [2.24, 2.45) is 0 Å². The van der Waals surface area contributed by atoms with Gasteiger partial charge in [-0.15, -0.1) is 0 Å². The molecule has 1 aromatic heterocycles. The summed E-state index contributed by atoms with van der Waals surface area (Å²) in [5.74, 6) is -0.943. The zero-order valence-corrected chi connectivity index (χ0v) is 16.6. The van der Waals surface area contributed by atoms with Crippen LogP contribution in [0.4, 0.5) is 10.1 Å². The van der Waals surface area contributed by atoms with Crippen LogP contribution in [0.1, 0.15) is 13.3 Å². The van der Waals surface area contributed by atoms with Crippen LogP contribution in [0.25, 0.3) is 5.69 Å². The molecule has 27 heavy (non-hydrogen) atoms. The second-order valence-electron chi connectivity index (χ2n) is 5.59. The van der Waals surface area contributed by atoms with E-state index in [1.807, 2.05) is 25.1 Å². The molecule has 2 N–H and O–H groups in total. The molecule has 1 atom stereocenters. The lowest BCUT2D eigenvalue weighted by Crippen LogP contribution is -2.37. The predicted molar refractivity (Wildman–Crippen MR) is 104 cm³/mol. The Balaban J connectivity index is 1.82. The number of nitrogens with one attached hydrogen (secondary N) is 2. The number of rotatable bonds is 6. The SMILES string of the molecule is CCC(Sc1c(=O)o[nH][n+]1-c1ccccc1)C(=O)Nc1ccc(Br)cc1F. The second-order valence-corrected chi connectivity index (χ2v) is 7.69. The average Bonchev–Trinajstić information content (AvgIpc) is 3.03. The smallest absolute Gasteiger partial charge is 0.323 e. The number of carbonyl (C=O) groups excluding carboxylic acids is 1. The monoisotopic (exact) mass is 452 g/mol. The fraction of sp³-hybridized carbons (Fsp3) is 0.167. The summed E-state index contributed by atoms with van der Waals surface area (Å²) in [6, 6.07) is 13.5. The largest absolute Gasteiger partial charge is 0.442 e. The number of carbonyl (C=O) groups is 1. The van der Waals surface area contributed by atoms with E-state index < -0.39 is 22.6 Å². The normalized spacial score (nSPS) is 12.0. The molecule has 0 radical (unpaired) electrons. The van der Waals surface area contributed by atoms with Crippen LogP contribution in [0.15, 0.2) is 67.3 Å². The summed E-state index contributed by atoms with van der Waals surface area (Å²) < 4.78 is 20.9. The van der Waals surface area contributed by atoms with Crippen molar-refractivity contribution in [3.8, 4) is 5.69 Å². The number of nitrogens with zero attached hydrogens (tertiary/aromatic N) is 1. The molecule has 0 aliphatic rings. The maximum absolute atomic E-state index is 14.0. The first kappa shape index (κ1) is 19.4. The molecule has 6 nitrogen and oxygen atoms in total. The number of H-pyrrole nitrogens is 1. The van der Waals surface area contributed by atoms with E-state index in [4.69, 9.17) is 4.52 Å². The average molecular weight is 453 g/mol. The molecule has 2 aromatic carbocycles. The number of amides is 1. The molecular formula is C18H16BrFN3O3S+. The maximum Gasteiger partial charge on any atom is 0.442 e. The van der Waals surface area contributed by atoms with E-state index in [-0.39, 0.29) is 10.7 Å². The van der Waals surface area contributed by atoms with Gasteiger partial charge in [0.1, 0.15) is 5.82 Å². The van der Waals surface area contributed by atoms with Gasteiger partial charge >= 0.3 is 10.7 Å². The number of hydrogen-bond acceptors (Lipinski definition) is 4. The van der Waals surface area contributed by atoms with Crippen molar-refractivity contribution in [3.05, 3.63) is 69.2 Å². The first-order chi connectivity index (χ1) is 13.0. The van der Waals surface area contributed by atoms with Crippen LogP contribution in [0.5, 0.6) is 0 Å². The zero-order valence-electron chi connectivity index (χ0n) is 14.2. The van der Waals surface area contributed by atoms with Crippen LogP contribution in [0, 0.1) is 5.82 Å². The number of thioether (sulfide) groups is 1. The molecule has 1 amide bonds. The first-order valence-electron chi connectivity index (χ1n) is 8.11. The van der Waals surface area contributed by atoms with Crippen molar-refractivity contribution in [2.45, 2.75) is 23.6 Å². The van der Waals surface area contributed by atoms with Crippen LogP contribution < -0.4 is 15.6 Å². The van der Waals surface area contributed by atoms with E-state index in [2.05, 4.69) is 26.5 Å². The molecule has 0 saturated carbocycles. The Morgan fingerprint density at radius 2 is 2.07 bits per heavy atom. The van der Waals surface area contributed by atoms with Crippen LogP contribution in [0.2, 0.25) is 0 Å². The minimum Gasteiger partial charge on any atom is -0.323 e. The quantitative estimate of drug-likeness (QED) is 0.441. The summed E-state index contributed by atoms with van der Waals surface area (Å²) in [5.41, 5.74) is 0.198. The van der Waals surface area contributed by atoms with Crippen molar-refractivity contribution in [1.29, 1.82) is 0 Å². The van der Waals surface area contributed by atoms with Gasteiger partial charge in [0.25, 0.3) is 0 Å². The van der Waals surface area contributed by atoms with Crippen LogP contribution in [-0.4, -0.2) is 16.4 Å². The summed E-state index contributed by atoms with van der Waals surface area (Å²) in [6.07, 6.45) is 0.439. The van der Waals surface area contributed by atoms with Crippen molar-refractivity contribution < 1.29 is 18.4 Å². The van der Waals surface area contributed by atoms with E-state index in [9.17, 15) is 14.0 Å². The molecule has 0 spiro atoms. The Bertz CT molecular complexity index is 1010. The van der Waals surface area contributed by atoms with Crippen LogP contribution in [-0.2, 0) is 4.79 Å². The van der Waals surface area contributed by atoms with Gasteiger partial charge in [-0.05, 0) is 46.3 Å². The molecule has 0 fully saturated rings. The van der Waals surface area contributed by atoms with Gasteiger partial charge < -0.3 is 5.32 Å². The predicted octanol–water partition coefficient (Wildman–Crippen LogP) is 3.66. The highest BCUT2D eigenvalue weighted by Crippen LogP contribution is 2.24. The number of benzene rings is 2. The Morgan fingerprint density at radius 3 is 2.74 bits per heavy atom. The highest BCUT2D eigenvalue weighted by Gasteiger charge is 2.30. The number of para-hydroxylation sites is 1. The molecule has 0 aliphatic carbocycles. The molecule has 0 saturated heterocycles. The van der Waals surface area contributed by atoms with Crippen molar-refractivity contribution in [2.75, 3.05) is 5.32 Å². The standard InChI is InChI=1S/C18H15BrFN3O3S/c1-2-15(16(24)21-14-9-8-11(19)10-13(14)20)27-17-18(25)26-22-23(17)12-6-4-3-5-7-12/h3-10,15H,2H2,1H3,(H-,21,22,24,25)/p+1. The number of hydrogen-bond donors (Lipinski definition) is 2. The Hall–Kier alpha value is -2.39. The third-order valence-electron chi connectivity index (χ3n) is 3.73. The summed E-state index contributed by atoms with van der Waals surface area (Å²) in [4.78, 5) is 24.7. The first-order valence-corrected chi connectivity index (χ1v) is 9.78. The van der Waals surface area contributed by atoms with Crippen molar-refractivity contribution >= 4 is 39.3 Å². The van der Waals surface area contributed by atoms with E-state index >= 15 is 0 Å². The second kappa shape index (κ2) is 8.53. The number of halogens is 2. The molecule has 3 rings (SSSR count). The maximum atomic E-state index is 14.0. The van der Waals surface area contributed by atoms with Gasteiger partial charge in [0, 0.05) is 16.6 Å². The Kier molecular flexibility index (Phi) is 6.12. The van der Waals surface area contributed by atoms with Gasteiger partial charge in [0.05, 0.1) is 10.9 Å². The van der Waals surface area contributed by atoms with Gasteiger partial charge in [-0.2, -0.15) is 0 Å². The van der Waals surface area contributed by atoms with E-state index in [1.54, 1.807) is 18.2 Å². The lowest BCUT2D eigenvalue weighted by atomic mass is 10.2. The van der Waals surface area contributed by atoms with Gasteiger partial charge in [0.15, 0.2) is 0 Å². The molecule has 9 heteroatoms. The minimum atomic E-state index is -0.610. The van der Waals surface area contributed by atoms with E-state index in [0.717, 1.165) is 11.8 Å². The number of aromatic nitrogens is 2. The molecule has 3 aromatic rings. The molecule has 1 unspecified atom stereocenters. The zero-order chi connectivity index (χ0) is 19.4. The lowest BCUT2D eigenvalue weighted by Gasteiger charge is -2.12. The summed E-state index contributed by atoms with van der Waals surface area (Å²) in [6.45, 7) is 1.82. The van der Waals surface area contributed by atoms with Crippen LogP contribution in [0.3, 0.4) is 0 Å². The third-order valence-corrected chi connectivity index (χ3v) is 5.63. The molecule has 0 bridgehead atoms. The fourth-order valence-corrected chi connectivity index (χ4v) is 3.69. The molecule has 140 valence electrons.